The maximum atomic E-state index is 11.3. The monoisotopic (exact) mass is 199 g/mol. The molecule has 14 heavy (non-hydrogen) atoms. The van der Waals surface area contributed by atoms with Gasteiger partial charge in [-0.2, -0.15) is 0 Å². The first kappa shape index (κ1) is 11.0. The highest BCUT2D eigenvalue weighted by atomic mass is 16.2. The van der Waals surface area contributed by atoms with Gasteiger partial charge >= 0.3 is 11.8 Å². The lowest BCUT2D eigenvalue weighted by Gasteiger charge is -2.23. The lowest BCUT2D eigenvalue weighted by molar-refractivity contribution is -0.139. The predicted molar refractivity (Wildman–Crippen MR) is 52.7 cm³/mol. The number of rotatable bonds is 2. The van der Waals surface area contributed by atoms with Crippen molar-refractivity contribution < 1.29 is 9.59 Å². The molecule has 0 spiro atoms. The number of hydrogen-bond donors (Lipinski definition) is 3. The van der Waals surface area contributed by atoms with E-state index in [0.717, 1.165) is 25.9 Å². The van der Waals surface area contributed by atoms with E-state index in [0.29, 0.717) is 6.54 Å². The van der Waals surface area contributed by atoms with E-state index in [1.807, 2.05) is 0 Å². The number of carbonyl (C=O) groups is 2. The molecule has 1 aliphatic rings. The fourth-order valence-corrected chi connectivity index (χ4v) is 1.46. The molecule has 3 N–H and O–H groups in total. The minimum Gasteiger partial charge on any atom is -0.348 e. The molecule has 0 aromatic carbocycles. The second-order valence-electron chi connectivity index (χ2n) is 3.36. The SMILES string of the molecule is CCNC(=O)C(=O)NC1CCNCC1. The predicted octanol–water partition coefficient (Wildman–Crippen LogP) is -1.01. The molecule has 1 saturated heterocycles. The molecule has 1 aliphatic heterocycles. The summed E-state index contributed by atoms with van der Waals surface area (Å²) < 4.78 is 0. The van der Waals surface area contributed by atoms with Crippen LogP contribution in [0.1, 0.15) is 19.8 Å². The van der Waals surface area contributed by atoms with Crippen molar-refractivity contribution in [3.8, 4) is 0 Å². The van der Waals surface area contributed by atoms with E-state index in [1.54, 1.807) is 6.92 Å². The average Bonchev–Trinajstić information content (AvgIpc) is 2.19. The Bertz CT molecular complexity index is 212. The fraction of sp³-hybridized carbons (Fsp3) is 0.778. The zero-order valence-corrected chi connectivity index (χ0v) is 8.43. The molecule has 0 radical (unpaired) electrons. The van der Waals surface area contributed by atoms with E-state index in [2.05, 4.69) is 16.0 Å². The molecule has 0 unspecified atom stereocenters. The normalized spacial score (nSPS) is 17.5. The van der Waals surface area contributed by atoms with Crippen LogP contribution in [0.15, 0.2) is 0 Å². The standard InChI is InChI=1S/C9H17N3O2/c1-2-11-8(13)9(14)12-7-3-5-10-6-4-7/h7,10H,2-6H2,1H3,(H,11,13)(H,12,14). The van der Waals surface area contributed by atoms with Crippen molar-refractivity contribution in [2.75, 3.05) is 19.6 Å². The largest absolute Gasteiger partial charge is 0.348 e. The van der Waals surface area contributed by atoms with Gasteiger partial charge in [0.1, 0.15) is 0 Å². The summed E-state index contributed by atoms with van der Waals surface area (Å²) in [4.78, 5) is 22.3. The zero-order chi connectivity index (χ0) is 10.4. The van der Waals surface area contributed by atoms with Crippen molar-refractivity contribution >= 4 is 11.8 Å². The van der Waals surface area contributed by atoms with Crippen molar-refractivity contribution in [3.63, 3.8) is 0 Å². The molecule has 0 saturated carbocycles. The summed E-state index contributed by atoms with van der Waals surface area (Å²) in [6, 6.07) is 0.145. The lowest BCUT2D eigenvalue weighted by Crippen LogP contribution is -2.48. The number of amides is 2. The summed E-state index contributed by atoms with van der Waals surface area (Å²) in [6.45, 7) is 4.08. The van der Waals surface area contributed by atoms with Crippen molar-refractivity contribution in [3.05, 3.63) is 0 Å². The first-order valence-electron chi connectivity index (χ1n) is 5.03. The Labute approximate surface area is 83.6 Å². The van der Waals surface area contributed by atoms with Crippen LogP contribution in [-0.4, -0.2) is 37.5 Å². The Balaban J connectivity index is 2.28. The van der Waals surface area contributed by atoms with Crippen molar-refractivity contribution in [2.45, 2.75) is 25.8 Å². The van der Waals surface area contributed by atoms with Crippen LogP contribution < -0.4 is 16.0 Å². The second-order valence-corrected chi connectivity index (χ2v) is 3.36. The molecule has 0 aromatic rings. The highest BCUT2D eigenvalue weighted by Gasteiger charge is 2.19. The van der Waals surface area contributed by atoms with Gasteiger partial charge in [-0.25, -0.2) is 0 Å². The minimum absolute atomic E-state index is 0.145. The van der Waals surface area contributed by atoms with E-state index >= 15 is 0 Å². The lowest BCUT2D eigenvalue weighted by atomic mass is 10.1. The topological polar surface area (TPSA) is 70.2 Å². The number of piperidine rings is 1. The van der Waals surface area contributed by atoms with Gasteiger partial charge in [-0.15, -0.1) is 0 Å². The Morgan fingerprint density at radius 1 is 1.29 bits per heavy atom. The van der Waals surface area contributed by atoms with Crippen molar-refractivity contribution in [1.29, 1.82) is 0 Å². The van der Waals surface area contributed by atoms with Gasteiger partial charge in [0.25, 0.3) is 0 Å². The third kappa shape index (κ3) is 3.33. The second kappa shape index (κ2) is 5.59. The Hall–Kier alpha value is -1.10. The molecule has 1 fully saturated rings. The van der Waals surface area contributed by atoms with Gasteiger partial charge < -0.3 is 16.0 Å². The molecule has 0 aliphatic carbocycles. The third-order valence-corrected chi connectivity index (χ3v) is 2.22. The zero-order valence-electron chi connectivity index (χ0n) is 8.43. The van der Waals surface area contributed by atoms with Crippen molar-refractivity contribution in [2.24, 2.45) is 0 Å². The van der Waals surface area contributed by atoms with Gasteiger partial charge in [-0.3, -0.25) is 9.59 Å². The van der Waals surface area contributed by atoms with Gasteiger partial charge in [0.05, 0.1) is 0 Å². The third-order valence-electron chi connectivity index (χ3n) is 2.22. The maximum Gasteiger partial charge on any atom is 0.309 e. The summed E-state index contributed by atoms with van der Waals surface area (Å²) >= 11 is 0. The van der Waals surface area contributed by atoms with E-state index in [4.69, 9.17) is 0 Å². The molecule has 1 heterocycles. The van der Waals surface area contributed by atoms with Crippen LogP contribution in [0, 0.1) is 0 Å². The van der Waals surface area contributed by atoms with Crippen LogP contribution in [0.5, 0.6) is 0 Å². The highest BCUT2D eigenvalue weighted by molar-refractivity contribution is 6.35. The number of likely N-dealkylation sites (N-methyl/N-ethyl adjacent to an activating group) is 1. The molecule has 1 rings (SSSR count). The van der Waals surface area contributed by atoms with Crippen LogP contribution in [-0.2, 0) is 9.59 Å². The summed E-state index contributed by atoms with van der Waals surface area (Å²) in [6.07, 6.45) is 1.79. The van der Waals surface area contributed by atoms with Gasteiger partial charge in [-0.05, 0) is 32.9 Å². The Morgan fingerprint density at radius 2 is 1.93 bits per heavy atom. The maximum absolute atomic E-state index is 11.3. The Morgan fingerprint density at radius 3 is 2.50 bits per heavy atom. The molecular formula is C9H17N3O2. The van der Waals surface area contributed by atoms with Crippen LogP contribution in [0.2, 0.25) is 0 Å². The first-order chi connectivity index (χ1) is 6.74. The molecule has 0 bridgehead atoms. The van der Waals surface area contributed by atoms with E-state index in [9.17, 15) is 9.59 Å². The molecule has 80 valence electrons. The summed E-state index contributed by atoms with van der Waals surface area (Å²) in [5.41, 5.74) is 0. The summed E-state index contributed by atoms with van der Waals surface area (Å²) in [7, 11) is 0. The van der Waals surface area contributed by atoms with Gasteiger partial charge in [0.15, 0.2) is 0 Å². The number of hydrogen-bond acceptors (Lipinski definition) is 3. The van der Waals surface area contributed by atoms with Gasteiger partial charge in [-0.1, -0.05) is 0 Å². The number of carbonyl (C=O) groups excluding carboxylic acids is 2. The van der Waals surface area contributed by atoms with Crippen LogP contribution in [0.4, 0.5) is 0 Å². The smallest absolute Gasteiger partial charge is 0.309 e. The summed E-state index contributed by atoms with van der Waals surface area (Å²) in [5, 5.41) is 8.37. The molecule has 0 atom stereocenters. The van der Waals surface area contributed by atoms with Crippen molar-refractivity contribution in [1.82, 2.24) is 16.0 Å². The quantitative estimate of drug-likeness (QED) is 0.499. The minimum atomic E-state index is -0.536. The van der Waals surface area contributed by atoms with E-state index in [-0.39, 0.29) is 6.04 Å². The van der Waals surface area contributed by atoms with Crippen LogP contribution in [0.3, 0.4) is 0 Å². The molecule has 0 aromatic heterocycles. The molecular weight excluding hydrogens is 182 g/mol. The molecule has 5 nitrogen and oxygen atoms in total. The fourth-order valence-electron chi connectivity index (χ4n) is 1.46. The van der Waals surface area contributed by atoms with E-state index < -0.39 is 11.8 Å². The first-order valence-corrected chi connectivity index (χ1v) is 5.03. The number of nitrogens with one attached hydrogen (secondary N) is 3. The van der Waals surface area contributed by atoms with Crippen LogP contribution in [0.25, 0.3) is 0 Å². The average molecular weight is 199 g/mol. The summed E-state index contributed by atoms with van der Waals surface area (Å²) in [5.74, 6) is -1.05. The van der Waals surface area contributed by atoms with Gasteiger partial charge in [0.2, 0.25) is 0 Å². The highest BCUT2D eigenvalue weighted by Crippen LogP contribution is 2.01. The van der Waals surface area contributed by atoms with Gasteiger partial charge in [0, 0.05) is 12.6 Å². The Kier molecular flexibility index (Phi) is 4.39. The van der Waals surface area contributed by atoms with E-state index in [1.165, 1.54) is 0 Å². The molecule has 5 heteroatoms. The van der Waals surface area contributed by atoms with Crippen LogP contribution >= 0.6 is 0 Å². The molecule has 2 amide bonds.